The molecule has 0 spiro atoms. The number of carbonyl (C=O) groups excluding carboxylic acids is 2. The number of rotatable bonds is 4. The smallest absolute Gasteiger partial charge is 0.357 e. The highest BCUT2D eigenvalue weighted by Gasteiger charge is 2.19. The summed E-state index contributed by atoms with van der Waals surface area (Å²) >= 11 is 0. The number of esters is 2. The van der Waals surface area contributed by atoms with Crippen molar-refractivity contribution in [3.05, 3.63) is 29.6 Å². The Hall–Kier alpha value is -1.91. The lowest BCUT2D eigenvalue weighted by Crippen LogP contribution is -2.24. The second kappa shape index (κ2) is 6.31. The van der Waals surface area contributed by atoms with Gasteiger partial charge in [-0.15, -0.1) is 0 Å². The molecule has 0 saturated carbocycles. The third kappa shape index (κ3) is 5.50. The minimum Gasteiger partial charge on any atom is -0.466 e. The van der Waals surface area contributed by atoms with E-state index in [1.54, 1.807) is 39.8 Å². The van der Waals surface area contributed by atoms with Gasteiger partial charge in [0.15, 0.2) is 0 Å². The molecule has 0 amide bonds. The third-order valence-electron chi connectivity index (χ3n) is 2.09. The molecule has 1 aromatic rings. The zero-order valence-corrected chi connectivity index (χ0v) is 11.7. The van der Waals surface area contributed by atoms with Crippen molar-refractivity contribution in [2.75, 3.05) is 6.61 Å². The largest absolute Gasteiger partial charge is 0.466 e. The molecule has 0 unspecified atom stereocenters. The molecule has 1 rings (SSSR count). The van der Waals surface area contributed by atoms with Crippen LogP contribution in [0, 0.1) is 0 Å². The van der Waals surface area contributed by atoms with Crippen molar-refractivity contribution in [3.63, 3.8) is 0 Å². The average molecular weight is 265 g/mol. The van der Waals surface area contributed by atoms with Gasteiger partial charge in [0.05, 0.1) is 13.0 Å². The van der Waals surface area contributed by atoms with Crippen molar-refractivity contribution in [1.29, 1.82) is 0 Å². The van der Waals surface area contributed by atoms with E-state index in [-0.39, 0.29) is 18.1 Å². The molecule has 0 aliphatic carbocycles. The molecule has 5 nitrogen and oxygen atoms in total. The number of nitrogens with zero attached hydrogens (tertiary/aromatic N) is 1. The maximum Gasteiger partial charge on any atom is 0.357 e. The molecule has 1 heterocycles. The normalized spacial score (nSPS) is 10.9. The first-order valence-corrected chi connectivity index (χ1v) is 6.15. The van der Waals surface area contributed by atoms with Gasteiger partial charge in [-0.25, -0.2) is 9.78 Å². The molecule has 0 bridgehead atoms. The Morgan fingerprint density at radius 3 is 2.58 bits per heavy atom. The lowest BCUT2D eigenvalue weighted by molar-refractivity contribution is -0.142. The van der Waals surface area contributed by atoms with Gasteiger partial charge in [0.25, 0.3) is 0 Å². The van der Waals surface area contributed by atoms with Crippen LogP contribution in [0.4, 0.5) is 0 Å². The van der Waals surface area contributed by atoms with Gasteiger partial charge in [0.1, 0.15) is 11.3 Å². The maximum atomic E-state index is 11.8. The standard InChI is InChI=1S/C14H19NO4/c1-5-18-12(16)9-10-6-7-15-11(8-10)13(17)19-14(2,3)4/h6-8H,5,9H2,1-4H3. The van der Waals surface area contributed by atoms with E-state index in [1.807, 2.05) is 0 Å². The Bertz CT molecular complexity index is 463. The molecule has 19 heavy (non-hydrogen) atoms. The summed E-state index contributed by atoms with van der Waals surface area (Å²) in [5.74, 6) is -0.831. The summed E-state index contributed by atoms with van der Waals surface area (Å²) in [6.45, 7) is 7.44. The van der Waals surface area contributed by atoms with Crippen LogP contribution >= 0.6 is 0 Å². The minimum absolute atomic E-state index is 0.117. The number of hydrogen-bond acceptors (Lipinski definition) is 5. The molecule has 104 valence electrons. The monoisotopic (exact) mass is 265 g/mol. The van der Waals surface area contributed by atoms with E-state index in [0.717, 1.165) is 0 Å². The first-order valence-electron chi connectivity index (χ1n) is 6.15. The Morgan fingerprint density at radius 2 is 2.00 bits per heavy atom. The van der Waals surface area contributed by atoms with Gasteiger partial charge in [0.2, 0.25) is 0 Å². The molecule has 0 aliphatic heterocycles. The van der Waals surface area contributed by atoms with E-state index < -0.39 is 11.6 Å². The summed E-state index contributed by atoms with van der Waals surface area (Å²) < 4.78 is 10.1. The molecule has 1 aromatic heterocycles. The summed E-state index contributed by atoms with van der Waals surface area (Å²) in [5, 5.41) is 0. The topological polar surface area (TPSA) is 65.5 Å². The van der Waals surface area contributed by atoms with Crippen LogP contribution in [0.2, 0.25) is 0 Å². The predicted octanol–water partition coefficient (Wildman–Crippen LogP) is 2.14. The fraction of sp³-hybridized carbons (Fsp3) is 0.500. The Morgan fingerprint density at radius 1 is 1.32 bits per heavy atom. The van der Waals surface area contributed by atoms with Crippen LogP contribution in [0.3, 0.4) is 0 Å². The van der Waals surface area contributed by atoms with Gasteiger partial charge < -0.3 is 9.47 Å². The Labute approximate surface area is 112 Å². The summed E-state index contributed by atoms with van der Waals surface area (Å²) in [4.78, 5) is 27.1. The van der Waals surface area contributed by atoms with Gasteiger partial charge in [-0.1, -0.05) is 0 Å². The number of pyridine rings is 1. The molecule has 0 aromatic carbocycles. The van der Waals surface area contributed by atoms with Crippen molar-refractivity contribution in [3.8, 4) is 0 Å². The van der Waals surface area contributed by atoms with Gasteiger partial charge in [-0.2, -0.15) is 0 Å². The highest BCUT2D eigenvalue weighted by molar-refractivity contribution is 5.88. The van der Waals surface area contributed by atoms with Gasteiger partial charge in [-0.05, 0) is 45.4 Å². The van der Waals surface area contributed by atoms with Gasteiger partial charge in [0, 0.05) is 6.20 Å². The van der Waals surface area contributed by atoms with Gasteiger partial charge in [-0.3, -0.25) is 4.79 Å². The van der Waals surface area contributed by atoms with E-state index in [0.29, 0.717) is 12.2 Å². The number of ether oxygens (including phenoxy) is 2. The van der Waals surface area contributed by atoms with Crippen molar-refractivity contribution in [2.45, 2.75) is 39.7 Å². The van der Waals surface area contributed by atoms with Crippen LogP contribution in [-0.2, 0) is 20.7 Å². The van der Waals surface area contributed by atoms with Crippen molar-refractivity contribution in [2.24, 2.45) is 0 Å². The lowest BCUT2D eigenvalue weighted by Gasteiger charge is -2.19. The van der Waals surface area contributed by atoms with Gasteiger partial charge >= 0.3 is 11.9 Å². The van der Waals surface area contributed by atoms with Crippen molar-refractivity contribution in [1.82, 2.24) is 4.98 Å². The molecule has 0 saturated heterocycles. The number of carbonyl (C=O) groups is 2. The molecule has 0 atom stereocenters. The maximum absolute atomic E-state index is 11.8. The highest BCUT2D eigenvalue weighted by Crippen LogP contribution is 2.12. The predicted molar refractivity (Wildman–Crippen MR) is 69.7 cm³/mol. The first kappa shape index (κ1) is 15.1. The van der Waals surface area contributed by atoms with Crippen LogP contribution in [0.25, 0.3) is 0 Å². The quantitative estimate of drug-likeness (QED) is 0.780. The van der Waals surface area contributed by atoms with E-state index in [4.69, 9.17) is 9.47 Å². The van der Waals surface area contributed by atoms with E-state index in [9.17, 15) is 9.59 Å². The first-order chi connectivity index (χ1) is 8.81. The van der Waals surface area contributed by atoms with E-state index in [1.165, 1.54) is 6.20 Å². The Kier molecular flexibility index (Phi) is 5.03. The van der Waals surface area contributed by atoms with Crippen molar-refractivity contribution >= 4 is 11.9 Å². The number of hydrogen-bond donors (Lipinski definition) is 0. The molecule has 0 aliphatic rings. The third-order valence-corrected chi connectivity index (χ3v) is 2.09. The zero-order chi connectivity index (χ0) is 14.5. The van der Waals surface area contributed by atoms with Crippen molar-refractivity contribution < 1.29 is 19.1 Å². The van der Waals surface area contributed by atoms with E-state index in [2.05, 4.69) is 4.98 Å². The highest BCUT2D eigenvalue weighted by atomic mass is 16.6. The number of aromatic nitrogens is 1. The Balaban J connectivity index is 2.77. The van der Waals surface area contributed by atoms with E-state index >= 15 is 0 Å². The second-order valence-electron chi connectivity index (χ2n) is 5.03. The van der Waals surface area contributed by atoms with Crippen LogP contribution in [0.1, 0.15) is 43.7 Å². The molecule has 0 fully saturated rings. The van der Waals surface area contributed by atoms with Crippen LogP contribution in [0.15, 0.2) is 18.3 Å². The summed E-state index contributed by atoms with van der Waals surface area (Å²) in [5.41, 5.74) is 0.293. The average Bonchev–Trinajstić information content (AvgIpc) is 2.27. The molecular weight excluding hydrogens is 246 g/mol. The molecular formula is C14H19NO4. The summed E-state index contributed by atoms with van der Waals surface area (Å²) in [6.07, 6.45) is 1.60. The fourth-order valence-corrected chi connectivity index (χ4v) is 1.40. The van der Waals surface area contributed by atoms with Crippen LogP contribution in [0.5, 0.6) is 0 Å². The van der Waals surface area contributed by atoms with Crippen LogP contribution < -0.4 is 0 Å². The molecule has 0 radical (unpaired) electrons. The molecule has 0 N–H and O–H groups in total. The van der Waals surface area contributed by atoms with Crippen LogP contribution in [-0.4, -0.2) is 29.1 Å². The SMILES string of the molecule is CCOC(=O)Cc1ccnc(C(=O)OC(C)(C)C)c1. The molecule has 5 heteroatoms. The zero-order valence-electron chi connectivity index (χ0n) is 11.7. The lowest BCUT2D eigenvalue weighted by atomic mass is 10.1. The summed E-state index contributed by atoms with van der Waals surface area (Å²) in [7, 11) is 0. The second-order valence-corrected chi connectivity index (χ2v) is 5.03. The summed E-state index contributed by atoms with van der Waals surface area (Å²) in [6, 6.07) is 3.22. The fourth-order valence-electron chi connectivity index (χ4n) is 1.40. The minimum atomic E-state index is -0.574.